The van der Waals surface area contributed by atoms with Crippen LogP contribution in [0.4, 0.5) is 11.0 Å². The smallest absolute Gasteiger partial charge is 0.404 e. The van der Waals surface area contributed by atoms with E-state index >= 15 is 0 Å². The summed E-state index contributed by atoms with van der Waals surface area (Å²) in [5.74, 6) is -2.64. The van der Waals surface area contributed by atoms with Crippen LogP contribution >= 0.6 is 11.3 Å². The molecule has 3 amide bonds. The van der Waals surface area contributed by atoms with Crippen molar-refractivity contribution in [2.24, 2.45) is 23.7 Å². The number of likely N-dealkylation sites (tertiary alicyclic amines) is 1. The Morgan fingerprint density at radius 3 is 2.58 bits per heavy atom. The lowest BCUT2D eigenvalue weighted by atomic mass is 9.85. The Bertz CT molecular complexity index is 1140. The highest BCUT2D eigenvalue weighted by molar-refractivity contribution is 7.15. The lowest BCUT2D eigenvalue weighted by molar-refractivity contribution is -0.402. The van der Waals surface area contributed by atoms with Gasteiger partial charge in [0.05, 0.1) is 24.3 Å². The monoisotopic (exact) mass is 471 g/mol. The Hall–Kier alpha value is -3.41. The Morgan fingerprint density at radius 2 is 1.97 bits per heavy atom. The van der Waals surface area contributed by atoms with Crippen LogP contribution in [0.15, 0.2) is 28.7 Å². The van der Waals surface area contributed by atoms with Gasteiger partial charge in [-0.15, -0.1) is 10.2 Å². The zero-order valence-electron chi connectivity index (χ0n) is 17.7. The molecular weight excluding hydrogens is 450 g/mol. The number of amides is 3. The van der Waals surface area contributed by atoms with E-state index < -0.39 is 34.6 Å². The van der Waals surface area contributed by atoms with E-state index in [0.717, 1.165) is 35.2 Å². The quantitative estimate of drug-likeness (QED) is 0.267. The van der Waals surface area contributed by atoms with Crippen LogP contribution in [0.2, 0.25) is 0 Å². The summed E-state index contributed by atoms with van der Waals surface area (Å²) in [5.41, 5.74) is 0. The third kappa shape index (κ3) is 3.63. The average Bonchev–Trinajstić information content (AvgIpc) is 3.57. The topological polar surface area (TPSA) is 149 Å². The van der Waals surface area contributed by atoms with Crippen LogP contribution in [0.3, 0.4) is 0 Å². The van der Waals surface area contributed by atoms with Gasteiger partial charge in [-0.25, -0.2) is 0 Å². The molecule has 5 rings (SSSR count). The summed E-state index contributed by atoms with van der Waals surface area (Å²) in [5, 5.41) is 22.8. The summed E-state index contributed by atoms with van der Waals surface area (Å²) in [6.07, 6.45) is 6.04. The minimum Gasteiger partial charge on any atom is -0.404 e. The van der Waals surface area contributed by atoms with Crippen LogP contribution < -0.4 is 5.32 Å². The van der Waals surface area contributed by atoms with Gasteiger partial charge >= 0.3 is 5.88 Å². The van der Waals surface area contributed by atoms with Crippen molar-refractivity contribution >= 4 is 40.1 Å². The van der Waals surface area contributed by atoms with Crippen molar-refractivity contribution in [2.75, 3.05) is 5.32 Å². The zero-order valence-corrected chi connectivity index (χ0v) is 18.5. The number of fused-ring (bicyclic) bond motifs is 5. The fourth-order valence-electron chi connectivity index (χ4n) is 5.14. The molecule has 0 spiro atoms. The Balaban J connectivity index is 1.41. The number of nitro groups is 1. The van der Waals surface area contributed by atoms with E-state index in [0.29, 0.717) is 5.13 Å². The van der Waals surface area contributed by atoms with Gasteiger partial charge in [-0.3, -0.25) is 29.4 Å². The van der Waals surface area contributed by atoms with Crippen molar-refractivity contribution in [3.05, 3.63) is 45.2 Å². The molecule has 5 unspecified atom stereocenters. The van der Waals surface area contributed by atoms with Crippen LogP contribution in [-0.4, -0.2) is 37.7 Å². The summed E-state index contributed by atoms with van der Waals surface area (Å²) in [6, 6.07) is 1.40. The molecule has 3 aliphatic rings. The highest BCUT2D eigenvalue weighted by Crippen LogP contribution is 2.54. The lowest BCUT2D eigenvalue weighted by Gasteiger charge is -2.25. The summed E-state index contributed by atoms with van der Waals surface area (Å²) in [4.78, 5) is 50.9. The minimum absolute atomic E-state index is 0.000225. The Morgan fingerprint density at radius 1 is 1.27 bits per heavy atom. The van der Waals surface area contributed by atoms with Crippen LogP contribution in [0.5, 0.6) is 0 Å². The highest BCUT2D eigenvalue weighted by atomic mass is 32.1. The van der Waals surface area contributed by atoms with E-state index in [-0.39, 0.29) is 35.8 Å². The number of hydrogen-bond acceptors (Lipinski definition) is 9. The first-order valence-electron chi connectivity index (χ1n) is 10.8. The number of rotatable bonds is 8. The Kier molecular flexibility index (Phi) is 5.31. The van der Waals surface area contributed by atoms with Crippen molar-refractivity contribution in [1.29, 1.82) is 0 Å². The van der Waals surface area contributed by atoms with Gasteiger partial charge in [-0.2, -0.15) is 0 Å². The molecule has 2 fully saturated rings. The third-order valence-corrected chi connectivity index (χ3v) is 7.39. The van der Waals surface area contributed by atoms with Crippen molar-refractivity contribution in [2.45, 2.75) is 38.6 Å². The number of aryl methyl sites for hydroxylation is 1. The van der Waals surface area contributed by atoms with E-state index in [2.05, 4.69) is 15.5 Å². The maximum Gasteiger partial charge on any atom is 0.433 e. The molecular formula is C21H21N5O6S. The normalized spacial score (nSPS) is 26.2. The van der Waals surface area contributed by atoms with E-state index in [1.165, 1.54) is 17.4 Å². The zero-order chi connectivity index (χ0) is 23.3. The number of nitrogens with zero attached hydrogens (tertiary/aromatic N) is 4. The molecule has 1 saturated heterocycles. The molecule has 3 heterocycles. The lowest BCUT2D eigenvalue weighted by Crippen LogP contribution is -2.38. The minimum atomic E-state index is -1.09. The molecule has 0 aromatic carbocycles. The third-order valence-electron chi connectivity index (χ3n) is 6.49. The molecule has 0 radical (unpaired) electrons. The van der Waals surface area contributed by atoms with E-state index in [4.69, 9.17) is 4.42 Å². The average molecular weight is 471 g/mol. The fraction of sp³-hybridized carbons (Fsp3) is 0.476. The van der Waals surface area contributed by atoms with E-state index in [1.807, 2.05) is 19.1 Å². The number of allylic oxidation sites excluding steroid dienone is 2. The second kappa shape index (κ2) is 8.18. The Labute approximate surface area is 192 Å². The molecule has 2 bridgehead atoms. The molecule has 12 heteroatoms. The van der Waals surface area contributed by atoms with Crippen molar-refractivity contribution in [3.63, 3.8) is 0 Å². The number of carbonyl (C=O) groups excluding carboxylic acids is 3. The molecule has 1 saturated carbocycles. The van der Waals surface area contributed by atoms with Gasteiger partial charge in [-0.1, -0.05) is 30.4 Å². The molecule has 2 aromatic rings. The standard InChI is InChI=1S/C21H21N5O6S/c1-2-3-15-23-24-21(33-15)22-14(27)9-12(13-6-7-16(32-13)26(30)31)25-19(28)17-10-4-5-11(8-10)18(17)20(25)29/h4-7,10-12,17-18H,2-3,8-9H2,1H3,(H,22,24,27). The first-order valence-corrected chi connectivity index (χ1v) is 11.6. The number of hydrogen-bond donors (Lipinski definition) is 1. The van der Waals surface area contributed by atoms with Gasteiger partial charge in [0.15, 0.2) is 0 Å². The molecule has 1 aliphatic heterocycles. The largest absolute Gasteiger partial charge is 0.433 e. The number of furan rings is 1. The molecule has 33 heavy (non-hydrogen) atoms. The molecule has 5 atom stereocenters. The maximum atomic E-state index is 13.3. The van der Waals surface area contributed by atoms with Crippen molar-refractivity contribution < 1.29 is 23.7 Å². The number of nitrogens with one attached hydrogen (secondary N) is 1. The second-order valence-corrected chi connectivity index (χ2v) is 9.56. The SMILES string of the molecule is CCCc1nnc(NC(=O)CC(c2ccc([N+](=O)[O-])o2)N2C(=O)C3C4C=CC(C4)C3C2=O)s1. The van der Waals surface area contributed by atoms with Gasteiger partial charge in [0.25, 0.3) is 0 Å². The van der Waals surface area contributed by atoms with Crippen LogP contribution in [0.1, 0.15) is 43.0 Å². The summed E-state index contributed by atoms with van der Waals surface area (Å²) < 4.78 is 5.33. The molecule has 172 valence electrons. The van der Waals surface area contributed by atoms with Gasteiger partial charge in [-0.05, 0) is 30.7 Å². The highest BCUT2D eigenvalue weighted by Gasteiger charge is 2.61. The van der Waals surface area contributed by atoms with Crippen molar-refractivity contribution in [1.82, 2.24) is 15.1 Å². The van der Waals surface area contributed by atoms with Gasteiger partial charge in [0.1, 0.15) is 21.7 Å². The molecule has 1 N–H and O–H groups in total. The predicted molar refractivity (Wildman–Crippen MR) is 115 cm³/mol. The van der Waals surface area contributed by atoms with Crippen LogP contribution in [0.25, 0.3) is 0 Å². The first kappa shape index (κ1) is 21.4. The summed E-state index contributed by atoms with van der Waals surface area (Å²) in [6.45, 7) is 2.01. The predicted octanol–water partition coefficient (Wildman–Crippen LogP) is 2.87. The molecule has 11 nitrogen and oxygen atoms in total. The summed E-state index contributed by atoms with van der Waals surface area (Å²) in [7, 11) is 0. The van der Waals surface area contributed by atoms with Gasteiger partial charge < -0.3 is 9.73 Å². The van der Waals surface area contributed by atoms with E-state index in [1.54, 1.807) is 0 Å². The summed E-state index contributed by atoms with van der Waals surface area (Å²) >= 11 is 1.25. The number of imide groups is 1. The fourth-order valence-corrected chi connectivity index (χ4v) is 5.99. The van der Waals surface area contributed by atoms with Crippen LogP contribution in [0, 0.1) is 33.8 Å². The van der Waals surface area contributed by atoms with Crippen molar-refractivity contribution in [3.8, 4) is 0 Å². The maximum absolute atomic E-state index is 13.3. The van der Waals surface area contributed by atoms with Gasteiger partial charge in [0, 0.05) is 6.42 Å². The van der Waals surface area contributed by atoms with Gasteiger partial charge in [0.2, 0.25) is 22.9 Å². The number of carbonyl (C=O) groups is 3. The molecule has 2 aliphatic carbocycles. The van der Waals surface area contributed by atoms with Crippen LogP contribution in [-0.2, 0) is 20.8 Å². The second-order valence-electron chi connectivity index (χ2n) is 8.50. The van der Waals surface area contributed by atoms with E-state index in [9.17, 15) is 24.5 Å². The number of aromatic nitrogens is 2. The first-order chi connectivity index (χ1) is 15.9. The number of anilines is 1. The molecule has 2 aromatic heterocycles.